The molecular formula is C7H19NO6. The van der Waals surface area contributed by atoms with Gasteiger partial charge in [-0.05, 0) is 6.42 Å². The summed E-state index contributed by atoms with van der Waals surface area (Å²) < 4.78 is 0. The Bertz CT molecular complexity index is 86.2. The molecule has 0 aromatic heterocycles. The van der Waals surface area contributed by atoms with Crippen molar-refractivity contribution in [2.45, 2.75) is 19.6 Å². The van der Waals surface area contributed by atoms with Gasteiger partial charge in [0.05, 0.1) is 26.4 Å². The topological polar surface area (TPSA) is 111 Å². The summed E-state index contributed by atoms with van der Waals surface area (Å²) in [4.78, 5) is 8.90. The molecule has 0 bridgehead atoms. The molecule has 88 valence electrons. The van der Waals surface area contributed by atoms with Crippen LogP contribution in [0.3, 0.4) is 0 Å². The van der Waals surface area contributed by atoms with E-state index >= 15 is 0 Å². The minimum Gasteiger partial charge on any atom is -0.394 e. The summed E-state index contributed by atoms with van der Waals surface area (Å²) in [5.41, 5.74) is 2.07. The zero-order chi connectivity index (χ0) is 11.2. The molecule has 0 radical (unpaired) electrons. The third kappa shape index (κ3) is 22.6. The SMILES string of the molecule is CCC(O)O.OCCONOCCO. The van der Waals surface area contributed by atoms with Crippen LogP contribution in [0.15, 0.2) is 0 Å². The number of hydrogen-bond acceptors (Lipinski definition) is 7. The third-order valence-electron chi connectivity index (χ3n) is 0.870. The Kier molecular flexibility index (Phi) is 17.6. The number of aliphatic hydroxyl groups excluding tert-OH is 3. The lowest BCUT2D eigenvalue weighted by Gasteiger charge is -2.01. The van der Waals surface area contributed by atoms with Crippen LogP contribution >= 0.6 is 0 Å². The number of rotatable bonds is 7. The molecule has 5 N–H and O–H groups in total. The monoisotopic (exact) mass is 213 g/mol. The Labute approximate surface area is 82.8 Å². The highest BCUT2D eigenvalue weighted by Crippen LogP contribution is 1.77. The van der Waals surface area contributed by atoms with Crippen LogP contribution in [-0.4, -0.2) is 53.1 Å². The Hall–Kier alpha value is -0.280. The fourth-order valence-corrected chi connectivity index (χ4v) is 0.216. The van der Waals surface area contributed by atoms with E-state index in [9.17, 15) is 0 Å². The van der Waals surface area contributed by atoms with Crippen molar-refractivity contribution >= 4 is 0 Å². The second kappa shape index (κ2) is 15.2. The van der Waals surface area contributed by atoms with Crippen LogP contribution in [0, 0.1) is 0 Å². The van der Waals surface area contributed by atoms with E-state index in [1.165, 1.54) is 0 Å². The van der Waals surface area contributed by atoms with Crippen molar-refractivity contribution in [1.29, 1.82) is 0 Å². The van der Waals surface area contributed by atoms with E-state index in [2.05, 4.69) is 15.3 Å². The van der Waals surface area contributed by atoms with E-state index in [4.69, 9.17) is 20.4 Å². The van der Waals surface area contributed by atoms with Gasteiger partial charge in [-0.15, -0.1) is 0 Å². The van der Waals surface area contributed by atoms with Crippen LogP contribution in [0.1, 0.15) is 13.3 Å². The number of hydrogen-bond donors (Lipinski definition) is 5. The van der Waals surface area contributed by atoms with Crippen molar-refractivity contribution in [3.8, 4) is 0 Å². The minimum atomic E-state index is -1.12. The molecular weight excluding hydrogens is 194 g/mol. The summed E-state index contributed by atoms with van der Waals surface area (Å²) in [7, 11) is 0. The first kappa shape index (κ1) is 16.2. The lowest BCUT2D eigenvalue weighted by Crippen LogP contribution is -2.19. The lowest BCUT2D eigenvalue weighted by molar-refractivity contribution is -0.178. The third-order valence-corrected chi connectivity index (χ3v) is 0.870. The fourth-order valence-electron chi connectivity index (χ4n) is 0.216. The maximum atomic E-state index is 8.15. The summed E-state index contributed by atoms with van der Waals surface area (Å²) in [5.74, 6) is 0. The Morgan fingerprint density at radius 2 is 1.43 bits per heavy atom. The van der Waals surface area contributed by atoms with E-state index in [-0.39, 0.29) is 26.4 Å². The normalized spacial score (nSPS) is 9.86. The molecule has 0 rings (SSSR count). The van der Waals surface area contributed by atoms with E-state index in [0.717, 1.165) is 0 Å². The molecule has 0 aromatic carbocycles. The van der Waals surface area contributed by atoms with Crippen LogP contribution in [0.4, 0.5) is 0 Å². The smallest absolute Gasteiger partial charge is 0.151 e. The second-order valence-electron chi connectivity index (χ2n) is 2.12. The highest BCUT2D eigenvalue weighted by Gasteiger charge is 1.83. The van der Waals surface area contributed by atoms with Gasteiger partial charge in [-0.25, -0.2) is 0 Å². The molecule has 7 nitrogen and oxygen atoms in total. The van der Waals surface area contributed by atoms with E-state index in [0.29, 0.717) is 6.42 Å². The molecule has 0 amide bonds. The van der Waals surface area contributed by atoms with Gasteiger partial charge in [-0.1, -0.05) is 12.6 Å². The van der Waals surface area contributed by atoms with Gasteiger partial charge in [0.2, 0.25) is 0 Å². The highest BCUT2D eigenvalue weighted by molar-refractivity contribution is 4.21. The molecule has 0 aliphatic rings. The summed E-state index contributed by atoms with van der Waals surface area (Å²) in [6.45, 7) is 1.92. The van der Waals surface area contributed by atoms with Crippen molar-refractivity contribution in [2.24, 2.45) is 0 Å². The van der Waals surface area contributed by atoms with Crippen molar-refractivity contribution < 1.29 is 30.1 Å². The Morgan fingerprint density at radius 3 is 1.64 bits per heavy atom. The van der Waals surface area contributed by atoms with Gasteiger partial charge in [0.1, 0.15) is 0 Å². The van der Waals surface area contributed by atoms with Gasteiger partial charge >= 0.3 is 0 Å². The second-order valence-corrected chi connectivity index (χ2v) is 2.12. The van der Waals surface area contributed by atoms with Crippen LogP contribution in [0.5, 0.6) is 0 Å². The quantitative estimate of drug-likeness (QED) is 0.191. The van der Waals surface area contributed by atoms with Crippen LogP contribution in [0.25, 0.3) is 0 Å². The van der Waals surface area contributed by atoms with Crippen LogP contribution < -0.4 is 5.64 Å². The minimum absolute atomic E-state index is 0.0600. The molecule has 0 unspecified atom stereocenters. The molecule has 0 saturated heterocycles. The number of aliphatic hydroxyl groups is 4. The molecule has 0 fully saturated rings. The van der Waals surface area contributed by atoms with Gasteiger partial charge in [0.15, 0.2) is 6.29 Å². The highest BCUT2D eigenvalue weighted by atomic mass is 16.9. The molecule has 0 saturated carbocycles. The van der Waals surface area contributed by atoms with Gasteiger partial charge in [-0.3, -0.25) is 9.68 Å². The van der Waals surface area contributed by atoms with Crippen molar-refractivity contribution in [1.82, 2.24) is 5.64 Å². The Balaban J connectivity index is 0. The fraction of sp³-hybridized carbons (Fsp3) is 1.00. The summed E-state index contributed by atoms with van der Waals surface area (Å²) >= 11 is 0. The predicted octanol–water partition coefficient (Wildman–Crippen LogP) is -1.87. The lowest BCUT2D eigenvalue weighted by atomic mass is 10.5. The van der Waals surface area contributed by atoms with Gasteiger partial charge in [0.25, 0.3) is 0 Å². The van der Waals surface area contributed by atoms with Crippen LogP contribution in [0.2, 0.25) is 0 Å². The molecule has 0 atom stereocenters. The molecule has 0 spiro atoms. The molecule has 0 aliphatic heterocycles. The van der Waals surface area contributed by atoms with Crippen molar-refractivity contribution in [2.75, 3.05) is 26.4 Å². The summed E-state index contributed by atoms with van der Waals surface area (Å²) in [6.07, 6.45) is -0.699. The van der Waals surface area contributed by atoms with Gasteiger partial charge < -0.3 is 20.4 Å². The molecule has 0 aromatic rings. The standard InChI is InChI=1S/C4H11NO4.C3H8O2/c6-1-3-8-5-9-4-2-7;1-2-3(4)5/h5-7H,1-4H2;3-5H,2H2,1H3. The Morgan fingerprint density at radius 1 is 1.07 bits per heavy atom. The van der Waals surface area contributed by atoms with Crippen molar-refractivity contribution in [3.05, 3.63) is 0 Å². The van der Waals surface area contributed by atoms with E-state index in [1.807, 2.05) is 0 Å². The average molecular weight is 213 g/mol. The first-order chi connectivity index (χ1) is 6.68. The van der Waals surface area contributed by atoms with Gasteiger partial charge in [-0.2, -0.15) is 0 Å². The maximum absolute atomic E-state index is 8.15. The molecule has 0 heterocycles. The molecule has 0 aliphatic carbocycles. The first-order valence-electron chi connectivity index (χ1n) is 4.25. The molecule has 7 heteroatoms. The van der Waals surface area contributed by atoms with Gasteiger partial charge in [0, 0.05) is 0 Å². The summed E-state index contributed by atoms with van der Waals surface area (Å²) in [6, 6.07) is 0. The average Bonchev–Trinajstić information content (AvgIpc) is 2.19. The largest absolute Gasteiger partial charge is 0.394 e. The van der Waals surface area contributed by atoms with E-state index < -0.39 is 6.29 Å². The number of nitrogens with one attached hydrogen (secondary N) is 1. The predicted molar refractivity (Wildman–Crippen MR) is 47.7 cm³/mol. The molecule has 14 heavy (non-hydrogen) atoms. The maximum Gasteiger partial charge on any atom is 0.151 e. The van der Waals surface area contributed by atoms with Crippen LogP contribution in [-0.2, 0) is 9.68 Å². The summed E-state index contributed by atoms with van der Waals surface area (Å²) in [5, 5.41) is 32.1. The van der Waals surface area contributed by atoms with E-state index in [1.54, 1.807) is 6.92 Å². The first-order valence-corrected chi connectivity index (χ1v) is 4.25. The van der Waals surface area contributed by atoms with Crippen molar-refractivity contribution in [3.63, 3.8) is 0 Å². The zero-order valence-corrected chi connectivity index (χ0v) is 8.22. The zero-order valence-electron chi connectivity index (χ0n) is 8.22.